The number of nitrogens with one attached hydrogen (secondary N) is 1. The van der Waals surface area contributed by atoms with Crippen LogP contribution in [0.4, 0.5) is 5.69 Å². The molecule has 8 heteroatoms. The van der Waals surface area contributed by atoms with Gasteiger partial charge in [-0.1, -0.05) is 12.2 Å². The Morgan fingerprint density at radius 3 is 2.70 bits per heavy atom. The molecule has 0 saturated heterocycles. The van der Waals surface area contributed by atoms with Crippen molar-refractivity contribution in [2.75, 3.05) is 0 Å². The molecule has 0 radical (unpaired) electrons. The van der Waals surface area contributed by atoms with E-state index in [0.717, 1.165) is 11.0 Å². The monoisotopic (exact) mass is 287 g/mol. The summed E-state index contributed by atoms with van der Waals surface area (Å²) in [5.41, 5.74) is 1.47. The molecule has 0 atom stereocenters. The van der Waals surface area contributed by atoms with Crippen LogP contribution in [0.2, 0.25) is 0 Å². The first-order valence-corrected chi connectivity index (χ1v) is 6.16. The highest BCUT2D eigenvalue weighted by Gasteiger charge is 2.10. The average molecular weight is 287 g/mol. The van der Waals surface area contributed by atoms with Crippen molar-refractivity contribution < 1.29 is 4.92 Å². The van der Waals surface area contributed by atoms with Crippen molar-refractivity contribution in [3.63, 3.8) is 0 Å². The summed E-state index contributed by atoms with van der Waals surface area (Å²) in [4.78, 5) is 17.5. The summed E-state index contributed by atoms with van der Waals surface area (Å²) in [6.45, 7) is 1.81. The molecule has 0 amide bonds. The van der Waals surface area contributed by atoms with Crippen molar-refractivity contribution in [3.05, 3.63) is 51.0 Å². The Balaban J connectivity index is 2.19. The van der Waals surface area contributed by atoms with Gasteiger partial charge in [0.05, 0.1) is 22.2 Å². The van der Waals surface area contributed by atoms with E-state index in [2.05, 4.69) is 15.1 Å². The van der Waals surface area contributed by atoms with E-state index < -0.39 is 4.92 Å². The molecule has 0 saturated carbocycles. The average Bonchev–Trinajstić information content (AvgIpc) is 2.82. The summed E-state index contributed by atoms with van der Waals surface area (Å²) in [6.07, 6.45) is 1.63. The van der Waals surface area contributed by atoms with Crippen LogP contribution in [-0.4, -0.2) is 24.7 Å². The zero-order valence-corrected chi connectivity index (χ0v) is 11.2. The third kappa shape index (κ3) is 1.95. The van der Waals surface area contributed by atoms with Crippen LogP contribution in [0.1, 0.15) is 5.82 Å². The van der Waals surface area contributed by atoms with E-state index in [1.807, 2.05) is 6.92 Å². The minimum atomic E-state index is -0.438. The first-order valence-electron chi connectivity index (χ1n) is 5.76. The maximum atomic E-state index is 10.7. The Kier molecular flexibility index (Phi) is 2.79. The SMILES string of the molecule is Cc1nc(=S)c2cnn(-c3ccc([N+](=O)[O-])cc3)c2[nH]1. The summed E-state index contributed by atoms with van der Waals surface area (Å²) in [5, 5.41) is 15.6. The molecule has 1 N–H and O–H groups in total. The summed E-state index contributed by atoms with van der Waals surface area (Å²) < 4.78 is 2.12. The van der Waals surface area contributed by atoms with Crippen LogP contribution >= 0.6 is 12.2 Å². The van der Waals surface area contributed by atoms with E-state index in [9.17, 15) is 10.1 Å². The van der Waals surface area contributed by atoms with Gasteiger partial charge >= 0.3 is 0 Å². The number of fused-ring (bicyclic) bond motifs is 1. The second kappa shape index (κ2) is 4.49. The molecule has 2 aromatic heterocycles. The molecule has 0 aliphatic rings. The minimum absolute atomic E-state index is 0.0380. The van der Waals surface area contributed by atoms with Gasteiger partial charge in [-0.3, -0.25) is 10.1 Å². The van der Waals surface area contributed by atoms with Gasteiger partial charge in [-0.05, 0) is 19.1 Å². The number of rotatable bonds is 2. The van der Waals surface area contributed by atoms with Gasteiger partial charge in [0.1, 0.15) is 16.1 Å². The Labute approximate surface area is 118 Å². The number of hydrogen-bond acceptors (Lipinski definition) is 5. The first-order chi connectivity index (χ1) is 9.56. The second-order valence-corrected chi connectivity index (χ2v) is 4.61. The predicted molar refractivity (Wildman–Crippen MR) is 75.4 cm³/mol. The van der Waals surface area contributed by atoms with Gasteiger partial charge in [0.25, 0.3) is 5.69 Å². The molecule has 100 valence electrons. The van der Waals surface area contributed by atoms with Gasteiger partial charge in [0, 0.05) is 12.1 Å². The zero-order chi connectivity index (χ0) is 14.3. The Morgan fingerprint density at radius 1 is 1.35 bits per heavy atom. The molecule has 0 unspecified atom stereocenters. The van der Waals surface area contributed by atoms with Crippen molar-refractivity contribution in [2.45, 2.75) is 6.92 Å². The van der Waals surface area contributed by atoms with Gasteiger partial charge < -0.3 is 4.98 Å². The molecule has 3 aromatic rings. The van der Waals surface area contributed by atoms with E-state index in [0.29, 0.717) is 16.2 Å². The quantitative estimate of drug-likeness (QED) is 0.444. The number of nitro benzene ring substituents is 1. The smallest absolute Gasteiger partial charge is 0.269 e. The van der Waals surface area contributed by atoms with Crippen LogP contribution in [-0.2, 0) is 0 Å². The highest BCUT2D eigenvalue weighted by molar-refractivity contribution is 7.71. The molecule has 0 aliphatic heterocycles. The fourth-order valence-corrected chi connectivity index (χ4v) is 2.23. The number of nitro groups is 1. The molecule has 20 heavy (non-hydrogen) atoms. The lowest BCUT2D eigenvalue weighted by atomic mass is 10.3. The van der Waals surface area contributed by atoms with Crippen LogP contribution < -0.4 is 0 Å². The van der Waals surface area contributed by atoms with Crippen LogP contribution in [0.25, 0.3) is 16.7 Å². The van der Waals surface area contributed by atoms with Crippen LogP contribution in [0, 0.1) is 21.7 Å². The van der Waals surface area contributed by atoms with E-state index in [-0.39, 0.29) is 5.69 Å². The minimum Gasteiger partial charge on any atom is -0.328 e. The summed E-state index contributed by atoms with van der Waals surface area (Å²) in [6, 6.07) is 6.14. The van der Waals surface area contributed by atoms with Crippen molar-refractivity contribution in [1.29, 1.82) is 0 Å². The molecule has 7 nitrogen and oxygen atoms in total. The number of hydrogen-bond donors (Lipinski definition) is 1. The zero-order valence-electron chi connectivity index (χ0n) is 10.4. The molecule has 0 aliphatic carbocycles. The highest BCUT2D eigenvalue weighted by atomic mass is 32.1. The van der Waals surface area contributed by atoms with Gasteiger partial charge in [-0.2, -0.15) is 5.10 Å². The third-order valence-electron chi connectivity index (χ3n) is 2.87. The lowest BCUT2D eigenvalue weighted by molar-refractivity contribution is -0.384. The molecular weight excluding hydrogens is 278 g/mol. The summed E-state index contributed by atoms with van der Waals surface area (Å²) in [5.74, 6) is 0.686. The highest BCUT2D eigenvalue weighted by Crippen LogP contribution is 2.19. The van der Waals surface area contributed by atoms with Crippen LogP contribution in [0.15, 0.2) is 30.5 Å². The third-order valence-corrected chi connectivity index (χ3v) is 3.18. The molecule has 1 aromatic carbocycles. The number of aryl methyl sites for hydroxylation is 1. The van der Waals surface area contributed by atoms with E-state index >= 15 is 0 Å². The van der Waals surface area contributed by atoms with Crippen LogP contribution in [0.5, 0.6) is 0 Å². The lowest BCUT2D eigenvalue weighted by Gasteiger charge is -2.03. The maximum Gasteiger partial charge on any atom is 0.269 e. The molecule has 2 heterocycles. The standard InChI is InChI=1S/C12H9N5O2S/c1-7-14-11-10(12(20)15-7)6-13-16(11)8-2-4-9(5-3-8)17(18)19/h2-6H,1H3,(H,14,15,20). The number of aromatic amines is 1. The van der Waals surface area contributed by atoms with Crippen molar-refractivity contribution in [1.82, 2.24) is 19.7 Å². The lowest BCUT2D eigenvalue weighted by Crippen LogP contribution is -1.99. The van der Waals surface area contributed by atoms with Gasteiger partial charge in [0.15, 0.2) is 0 Å². The second-order valence-electron chi connectivity index (χ2n) is 4.22. The predicted octanol–water partition coefficient (Wildman–Crippen LogP) is 2.69. The first kappa shape index (κ1) is 12.4. The van der Waals surface area contributed by atoms with Gasteiger partial charge in [0.2, 0.25) is 0 Å². The summed E-state index contributed by atoms with van der Waals surface area (Å²) in [7, 11) is 0. The number of aromatic nitrogens is 4. The normalized spacial score (nSPS) is 10.8. The largest absolute Gasteiger partial charge is 0.328 e. The molecule has 0 spiro atoms. The molecule has 0 fully saturated rings. The van der Waals surface area contributed by atoms with Crippen molar-refractivity contribution in [2.24, 2.45) is 0 Å². The van der Waals surface area contributed by atoms with Crippen LogP contribution in [0.3, 0.4) is 0 Å². The summed E-state index contributed by atoms with van der Waals surface area (Å²) >= 11 is 5.19. The Hall–Kier alpha value is -2.61. The fourth-order valence-electron chi connectivity index (χ4n) is 1.95. The fraction of sp³-hybridized carbons (Fsp3) is 0.0833. The molecular formula is C12H9N5O2S. The number of nitrogens with zero attached hydrogens (tertiary/aromatic N) is 4. The topological polar surface area (TPSA) is 89.6 Å². The van der Waals surface area contributed by atoms with E-state index in [1.165, 1.54) is 12.1 Å². The number of H-pyrrole nitrogens is 1. The number of benzene rings is 1. The van der Waals surface area contributed by atoms with E-state index in [1.54, 1.807) is 23.0 Å². The maximum absolute atomic E-state index is 10.7. The Morgan fingerprint density at radius 2 is 2.05 bits per heavy atom. The van der Waals surface area contributed by atoms with Crippen molar-refractivity contribution >= 4 is 28.9 Å². The van der Waals surface area contributed by atoms with Gasteiger partial charge in [-0.15, -0.1) is 0 Å². The Bertz CT molecular complexity index is 866. The van der Waals surface area contributed by atoms with Crippen molar-refractivity contribution in [3.8, 4) is 5.69 Å². The number of non-ortho nitro benzene ring substituents is 1. The van der Waals surface area contributed by atoms with Gasteiger partial charge in [-0.25, -0.2) is 9.67 Å². The molecule has 0 bridgehead atoms. The molecule has 3 rings (SSSR count). The van der Waals surface area contributed by atoms with E-state index in [4.69, 9.17) is 12.2 Å².